The summed E-state index contributed by atoms with van der Waals surface area (Å²) in [5.74, 6) is 1.53. The van der Waals surface area contributed by atoms with Crippen LogP contribution in [-0.4, -0.2) is 43.9 Å². The number of nitrogens with one attached hydrogen (secondary N) is 3. The standard InChI is InChI=1S/C56H65N3O5/c1-4-34(29-35-11-6-5-7-12-35)30-46-56-27-18-43-48(50(56)53(62)64-46)42-33-39(60)15-16-40(42)36-13-10-14-37(31-36)44(57-2)19-26-55(43)25-17-41-45(63-52(61)49(41)51(55)56)20-24-54(22-8-9-23-54)38-21-28-59-47(32-38)58-3/h5-7,10-16,20,30-31,33-34,38,43-44,47,51,57-60H,4,8-9,17-19,21-29,32H2,1-3H3. The van der Waals surface area contributed by atoms with Crippen LogP contribution in [0.4, 0.5) is 0 Å². The van der Waals surface area contributed by atoms with Crippen LogP contribution in [-0.2, 0) is 25.5 Å². The molecular weight excluding hydrogens is 795 g/mol. The molecule has 8 heteroatoms. The number of allylic oxidation sites excluding steroid dienone is 5. The van der Waals surface area contributed by atoms with Crippen LogP contribution in [0, 0.1) is 39.9 Å². The van der Waals surface area contributed by atoms with Gasteiger partial charge in [0.25, 0.3) is 0 Å². The van der Waals surface area contributed by atoms with Gasteiger partial charge in [-0.2, -0.15) is 0 Å². The highest BCUT2D eigenvalue weighted by Crippen LogP contribution is 2.77. The molecule has 6 aliphatic carbocycles. The van der Waals surface area contributed by atoms with Gasteiger partial charge in [-0.25, -0.2) is 9.59 Å². The minimum Gasteiger partial charge on any atom is -0.508 e. The Bertz CT molecular complexity index is 2490. The van der Waals surface area contributed by atoms with E-state index >= 15 is 9.59 Å². The van der Waals surface area contributed by atoms with Crippen molar-refractivity contribution in [3.8, 4) is 16.9 Å². The number of benzene rings is 3. The van der Waals surface area contributed by atoms with Gasteiger partial charge in [-0.3, -0.25) is 0 Å². The summed E-state index contributed by atoms with van der Waals surface area (Å²) in [4.78, 5) is 30.3. The number of hydrogen-bond donors (Lipinski definition) is 4. The predicted octanol–water partition coefficient (Wildman–Crippen LogP) is 10.6. The van der Waals surface area contributed by atoms with Crippen molar-refractivity contribution in [1.82, 2.24) is 16.0 Å². The maximum absolute atomic E-state index is 15.2. The molecule has 4 N–H and O–H groups in total. The summed E-state index contributed by atoms with van der Waals surface area (Å²) in [6, 6.07) is 25.2. The number of ether oxygens (including phenoxy) is 2. The zero-order valence-electron chi connectivity index (χ0n) is 37.9. The molecule has 8 unspecified atom stereocenters. The van der Waals surface area contributed by atoms with E-state index in [1.807, 2.05) is 12.1 Å². The first kappa shape index (κ1) is 41.9. The van der Waals surface area contributed by atoms with Crippen LogP contribution < -0.4 is 16.0 Å². The maximum atomic E-state index is 15.2. The lowest BCUT2D eigenvalue weighted by Gasteiger charge is -2.63. The van der Waals surface area contributed by atoms with Crippen LogP contribution >= 0.6 is 0 Å². The van der Waals surface area contributed by atoms with Gasteiger partial charge in [0.15, 0.2) is 0 Å². The van der Waals surface area contributed by atoms with Gasteiger partial charge in [0.1, 0.15) is 17.3 Å². The van der Waals surface area contributed by atoms with Gasteiger partial charge in [0.2, 0.25) is 0 Å². The Kier molecular flexibility index (Phi) is 10.7. The molecule has 2 saturated heterocycles. The van der Waals surface area contributed by atoms with E-state index < -0.39 is 5.41 Å². The smallest absolute Gasteiger partial charge is 0.340 e. The summed E-state index contributed by atoms with van der Waals surface area (Å²) in [6.07, 6.45) is 19.7. The Morgan fingerprint density at radius 2 is 1.70 bits per heavy atom. The molecule has 4 fully saturated rings. The topological polar surface area (TPSA) is 109 Å². The van der Waals surface area contributed by atoms with Gasteiger partial charge < -0.3 is 30.5 Å². The highest BCUT2D eigenvalue weighted by atomic mass is 16.5. The van der Waals surface area contributed by atoms with Crippen molar-refractivity contribution in [1.29, 1.82) is 0 Å². The first-order valence-corrected chi connectivity index (χ1v) is 24.6. The molecule has 12 rings (SSSR count). The molecule has 0 amide bonds. The molecule has 334 valence electrons. The minimum atomic E-state index is -0.866. The highest BCUT2D eigenvalue weighted by molar-refractivity contribution is 6.08. The number of phenols is 1. The number of piperidine rings is 1. The fourth-order valence-electron chi connectivity index (χ4n) is 15.0. The normalized spacial score (nSPS) is 33.0. The number of rotatable bonds is 9. The van der Waals surface area contributed by atoms with Crippen molar-refractivity contribution in [3.63, 3.8) is 0 Å². The number of phenolic OH excluding ortho intramolecular Hbond substituents is 1. The molecule has 8 atom stereocenters. The van der Waals surface area contributed by atoms with E-state index in [0.29, 0.717) is 24.1 Å². The third-order valence-electron chi connectivity index (χ3n) is 18.0. The average molecular weight is 860 g/mol. The number of aromatic hydroxyl groups is 1. The molecule has 2 saturated carbocycles. The van der Waals surface area contributed by atoms with Crippen LogP contribution in [0.25, 0.3) is 16.7 Å². The minimum absolute atomic E-state index is 0.0289. The molecule has 3 aromatic rings. The fraction of sp³-hybridized carbons (Fsp3) is 0.500. The third kappa shape index (κ3) is 6.47. The SMILES string of the molecule is CCC(C=C1OC(=O)C2=C3c4cc(O)ccc4-c4cccc(c4)C(NC)CCC45CCC6=C(C(=O)OC6=CCC6(C7CCNC(NC)C7)CCCC6)C4C12CCC35)Cc1ccccc1. The van der Waals surface area contributed by atoms with Gasteiger partial charge in [-0.05, 0) is 196 Å². The Balaban J connectivity index is 1.12. The lowest BCUT2D eigenvalue weighted by molar-refractivity contribution is -0.136. The van der Waals surface area contributed by atoms with Gasteiger partial charge in [-0.15, -0.1) is 0 Å². The van der Waals surface area contributed by atoms with E-state index in [1.54, 1.807) is 6.07 Å². The predicted molar refractivity (Wildman–Crippen MR) is 250 cm³/mol. The van der Waals surface area contributed by atoms with Gasteiger partial charge in [0, 0.05) is 23.1 Å². The van der Waals surface area contributed by atoms with Crippen molar-refractivity contribution >= 4 is 17.5 Å². The van der Waals surface area contributed by atoms with E-state index in [0.717, 1.165) is 109 Å². The molecule has 0 aromatic heterocycles. The van der Waals surface area contributed by atoms with E-state index in [4.69, 9.17) is 9.47 Å². The maximum Gasteiger partial charge on any atom is 0.340 e. The first-order valence-electron chi connectivity index (χ1n) is 24.6. The summed E-state index contributed by atoms with van der Waals surface area (Å²) in [5.41, 5.74) is 7.97. The Morgan fingerprint density at radius 3 is 2.50 bits per heavy atom. The number of cyclic esters (lactones) is 2. The largest absolute Gasteiger partial charge is 0.508 e. The Morgan fingerprint density at radius 1 is 0.859 bits per heavy atom. The molecule has 6 bridgehead atoms. The van der Waals surface area contributed by atoms with Crippen LogP contribution in [0.2, 0.25) is 0 Å². The van der Waals surface area contributed by atoms with Crippen molar-refractivity contribution < 1.29 is 24.2 Å². The summed E-state index contributed by atoms with van der Waals surface area (Å²) in [7, 11) is 4.11. The monoisotopic (exact) mass is 859 g/mol. The second kappa shape index (κ2) is 16.3. The molecule has 64 heavy (non-hydrogen) atoms. The van der Waals surface area contributed by atoms with Crippen molar-refractivity contribution in [2.24, 2.45) is 39.9 Å². The fourth-order valence-corrected chi connectivity index (χ4v) is 15.0. The van der Waals surface area contributed by atoms with Crippen LogP contribution in [0.3, 0.4) is 0 Å². The molecule has 3 aromatic carbocycles. The summed E-state index contributed by atoms with van der Waals surface area (Å²) >= 11 is 0. The van der Waals surface area contributed by atoms with Crippen LogP contribution in [0.15, 0.2) is 113 Å². The Labute approximate surface area is 379 Å². The van der Waals surface area contributed by atoms with E-state index in [9.17, 15) is 5.11 Å². The second-order valence-corrected chi connectivity index (χ2v) is 20.7. The summed E-state index contributed by atoms with van der Waals surface area (Å²) in [5, 5.41) is 22.2. The molecule has 2 spiro atoms. The second-order valence-electron chi connectivity index (χ2n) is 20.7. The van der Waals surface area contributed by atoms with Crippen molar-refractivity contribution in [2.75, 3.05) is 20.6 Å². The molecule has 8 nitrogen and oxygen atoms in total. The summed E-state index contributed by atoms with van der Waals surface area (Å²) in [6.45, 7) is 3.24. The van der Waals surface area contributed by atoms with Crippen LogP contribution in [0.1, 0.15) is 120 Å². The first-order chi connectivity index (χ1) is 31.2. The number of fused-ring (bicyclic) bond motifs is 5. The lowest BCUT2D eigenvalue weighted by atomic mass is 9.37. The number of esters is 2. The zero-order valence-corrected chi connectivity index (χ0v) is 37.9. The number of carbonyl (C=O) groups is 2. The number of carbonyl (C=O) groups excluding carboxylic acids is 2. The summed E-state index contributed by atoms with van der Waals surface area (Å²) < 4.78 is 13.4. The average Bonchev–Trinajstić information content (AvgIpc) is 4.02. The van der Waals surface area contributed by atoms with Gasteiger partial charge in [0.05, 0.1) is 17.2 Å². The van der Waals surface area contributed by atoms with Crippen molar-refractivity contribution in [3.05, 3.63) is 130 Å². The molecule has 0 radical (unpaired) electrons. The lowest BCUT2D eigenvalue weighted by Crippen LogP contribution is -2.59. The third-order valence-corrected chi connectivity index (χ3v) is 18.0. The molecule has 3 heterocycles. The molecule has 3 aliphatic heterocycles. The quantitative estimate of drug-likeness (QED) is 0.158. The van der Waals surface area contributed by atoms with E-state index in [-0.39, 0.29) is 52.3 Å². The molecular formula is C56H65N3O5. The Hall–Kier alpha value is -4.76. The van der Waals surface area contributed by atoms with E-state index in [2.05, 4.69) is 104 Å². The highest BCUT2D eigenvalue weighted by Gasteiger charge is 2.73. The van der Waals surface area contributed by atoms with Crippen molar-refractivity contribution in [2.45, 2.75) is 115 Å². The zero-order chi connectivity index (χ0) is 43.8. The molecule has 9 aliphatic rings. The van der Waals surface area contributed by atoms with Gasteiger partial charge >= 0.3 is 11.9 Å². The van der Waals surface area contributed by atoms with E-state index in [1.165, 1.54) is 43.2 Å². The van der Waals surface area contributed by atoms with Crippen LogP contribution in [0.5, 0.6) is 5.75 Å². The van der Waals surface area contributed by atoms with Gasteiger partial charge in [-0.1, -0.05) is 74.4 Å². The number of hydrogen-bond acceptors (Lipinski definition) is 8.